The number of hydrogen-bond acceptors (Lipinski definition) is 3. The first-order chi connectivity index (χ1) is 8.50. The van der Waals surface area contributed by atoms with Crippen molar-refractivity contribution >= 4 is 17.5 Å². The smallest absolute Gasteiger partial charge is 0.251 e. The lowest BCUT2D eigenvalue weighted by atomic mass is 10.0. The van der Waals surface area contributed by atoms with Crippen molar-refractivity contribution in [3.05, 3.63) is 34.6 Å². The first kappa shape index (κ1) is 13.3. The van der Waals surface area contributed by atoms with E-state index in [2.05, 4.69) is 5.32 Å². The lowest BCUT2D eigenvalue weighted by Crippen LogP contribution is -2.43. The minimum atomic E-state index is -1.01. The standard InChI is InChI=1S/C12H13ClFNO3/c13-9-5-8(1-2-10(9)14)11(16)15-6-12(17)3-4-18-7-12/h1-2,5,17H,3-4,6-7H2,(H,15,16)/t12-/m1/s1. The summed E-state index contributed by atoms with van der Waals surface area (Å²) >= 11 is 5.59. The Bertz CT molecular complexity index is 461. The van der Waals surface area contributed by atoms with Gasteiger partial charge in [0.05, 0.1) is 11.6 Å². The lowest BCUT2D eigenvalue weighted by molar-refractivity contribution is 0.0264. The van der Waals surface area contributed by atoms with Crippen LogP contribution in [0, 0.1) is 5.82 Å². The number of carbonyl (C=O) groups is 1. The van der Waals surface area contributed by atoms with Crippen LogP contribution in [0.5, 0.6) is 0 Å². The summed E-state index contributed by atoms with van der Waals surface area (Å²) in [6.07, 6.45) is 0.484. The number of hydrogen-bond donors (Lipinski definition) is 2. The minimum absolute atomic E-state index is 0.0980. The van der Waals surface area contributed by atoms with Crippen molar-refractivity contribution in [2.75, 3.05) is 19.8 Å². The van der Waals surface area contributed by atoms with Crippen LogP contribution >= 0.6 is 11.6 Å². The first-order valence-corrected chi connectivity index (χ1v) is 5.91. The van der Waals surface area contributed by atoms with Gasteiger partial charge in [-0.3, -0.25) is 4.79 Å². The number of amides is 1. The summed E-state index contributed by atoms with van der Waals surface area (Å²) in [7, 11) is 0. The van der Waals surface area contributed by atoms with E-state index in [-0.39, 0.29) is 23.7 Å². The van der Waals surface area contributed by atoms with Gasteiger partial charge in [-0.25, -0.2) is 4.39 Å². The summed E-state index contributed by atoms with van der Waals surface area (Å²) in [4.78, 5) is 11.8. The molecule has 0 aliphatic carbocycles. The second kappa shape index (κ2) is 5.22. The molecule has 0 unspecified atom stereocenters. The molecule has 1 fully saturated rings. The maximum Gasteiger partial charge on any atom is 0.251 e. The molecule has 1 atom stereocenters. The van der Waals surface area contributed by atoms with Crippen molar-refractivity contribution in [2.24, 2.45) is 0 Å². The molecule has 98 valence electrons. The van der Waals surface area contributed by atoms with Crippen molar-refractivity contribution in [1.82, 2.24) is 5.32 Å². The number of benzene rings is 1. The van der Waals surface area contributed by atoms with Gasteiger partial charge in [-0.2, -0.15) is 0 Å². The molecule has 18 heavy (non-hydrogen) atoms. The number of halogens is 2. The summed E-state index contributed by atoms with van der Waals surface area (Å²) in [5.41, 5.74) is -0.761. The zero-order valence-corrected chi connectivity index (χ0v) is 10.3. The van der Waals surface area contributed by atoms with Crippen LogP contribution in [0.1, 0.15) is 16.8 Å². The van der Waals surface area contributed by atoms with Gasteiger partial charge in [0, 0.05) is 25.1 Å². The third-order valence-electron chi connectivity index (χ3n) is 2.84. The van der Waals surface area contributed by atoms with Gasteiger partial charge >= 0.3 is 0 Å². The van der Waals surface area contributed by atoms with E-state index in [1.165, 1.54) is 12.1 Å². The van der Waals surface area contributed by atoms with Crippen LogP contribution in [0.4, 0.5) is 4.39 Å². The quantitative estimate of drug-likeness (QED) is 0.874. The molecule has 0 aromatic heterocycles. The van der Waals surface area contributed by atoms with E-state index < -0.39 is 17.3 Å². The molecule has 2 N–H and O–H groups in total. The molecule has 1 amide bonds. The molecule has 1 heterocycles. The largest absolute Gasteiger partial charge is 0.386 e. The van der Waals surface area contributed by atoms with Crippen molar-refractivity contribution in [3.8, 4) is 0 Å². The Morgan fingerprint density at radius 2 is 2.39 bits per heavy atom. The molecule has 4 nitrogen and oxygen atoms in total. The molecular formula is C12H13ClFNO3. The summed E-state index contributed by atoms with van der Waals surface area (Å²) in [5.74, 6) is -0.978. The predicted molar refractivity (Wildman–Crippen MR) is 64.1 cm³/mol. The van der Waals surface area contributed by atoms with E-state index >= 15 is 0 Å². The highest BCUT2D eigenvalue weighted by atomic mass is 35.5. The van der Waals surface area contributed by atoms with Crippen LogP contribution in [-0.2, 0) is 4.74 Å². The van der Waals surface area contributed by atoms with Gasteiger partial charge < -0.3 is 15.2 Å². The average Bonchev–Trinajstić information content (AvgIpc) is 2.77. The minimum Gasteiger partial charge on any atom is -0.386 e. The molecule has 2 rings (SSSR count). The van der Waals surface area contributed by atoms with E-state index in [1.807, 2.05) is 0 Å². The highest BCUT2D eigenvalue weighted by Gasteiger charge is 2.32. The monoisotopic (exact) mass is 273 g/mol. The van der Waals surface area contributed by atoms with Crippen LogP contribution < -0.4 is 5.32 Å². The Morgan fingerprint density at radius 3 is 3.00 bits per heavy atom. The summed E-state index contributed by atoms with van der Waals surface area (Å²) in [6, 6.07) is 3.72. The molecule has 0 spiro atoms. The molecule has 6 heteroatoms. The van der Waals surface area contributed by atoms with Crippen molar-refractivity contribution in [3.63, 3.8) is 0 Å². The summed E-state index contributed by atoms with van der Waals surface area (Å²) in [6.45, 7) is 0.785. The van der Waals surface area contributed by atoms with Gasteiger partial charge in [0.1, 0.15) is 11.4 Å². The Kier molecular flexibility index (Phi) is 3.85. The Balaban J connectivity index is 1.97. The van der Waals surface area contributed by atoms with E-state index in [4.69, 9.17) is 16.3 Å². The van der Waals surface area contributed by atoms with Crippen LogP contribution in [0.2, 0.25) is 5.02 Å². The van der Waals surface area contributed by atoms with Crippen LogP contribution in [0.15, 0.2) is 18.2 Å². The Labute approximate surface area is 109 Å². The zero-order valence-electron chi connectivity index (χ0n) is 9.58. The fraction of sp³-hybridized carbons (Fsp3) is 0.417. The van der Waals surface area contributed by atoms with Gasteiger partial charge in [0.15, 0.2) is 0 Å². The number of aliphatic hydroxyl groups is 1. The van der Waals surface area contributed by atoms with E-state index in [1.54, 1.807) is 0 Å². The second-order valence-corrected chi connectivity index (χ2v) is 4.75. The summed E-state index contributed by atoms with van der Waals surface area (Å²) < 4.78 is 18.0. The highest BCUT2D eigenvalue weighted by Crippen LogP contribution is 2.18. The van der Waals surface area contributed by atoms with Gasteiger partial charge in [0.25, 0.3) is 5.91 Å². The fourth-order valence-corrected chi connectivity index (χ4v) is 1.90. The molecule has 1 aromatic carbocycles. The van der Waals surface area contributed by atoms with E-state index in [0.29, 0.717) is 13.0 Å². The third-order valence-corrected chi connectivity index (χ3v) is 3.13. The Morgan fingerprint density at radius 1 is 1.61 bits per heavy atom. The second-order valence-electron chi connectivity index (χ2n) is 4.34. The first-order valence-electron chi connectivity index (χ1n) is 5.54. The lowest BCUT2D eigenvalue weighted by Gasteiger charge is -2.20. The number of nitrogens with one attached hydrogen (secondary N) is 1. The van der Waals surface area contributed by atoms with Crippen LogP contribution in [0.3, 0.4) is 0 Å². The summed E-state index contributed by atoms with van der Waals surface area (Å²) in [5, 5.41) is 12.4. The maximum atomic E-state index is 12.9. The fourth-order valence-electron chi connectivity index (χ4n) is 1.72. The van der Waals surface area contributed by atoms with Gasteiger partial charge in [0.2, 0.25) is 0 Å². The normalized spacial score (nSPS) is 23.1. The van der Waals surface area contributed by atoms with Crippen molar-refractivity contribution in [1.29, 1.82) is 0 Å². The van der Waals surface area contributed by atoms with Crippen LogP contribution in [0.25, 0.3) is 0 Å². The number of carbonyl (C=O) groups excluding carboxylic acids is 1. The number of ether oxygens (including phenoxy) is 1. The maximum absolute atomic E-state index is 12.9. The van der Waals surface area contributed by atoms with Gasteiger partial charge in [-0.05, 0) is 18.2 Å². The molecule has 1 aromatic rings. The van der Waals surface area contributed by atoms with Gasteiger partial charge in [-0.1, -0.05) is 11.6 Å². The molecule has 1 aliphatic rings. The molecule has 0 radical (unpaired) electrons. The van der Waals surface area contributed by atoms with E-state index in [9.17, 15) is 14.3 Å². The van der Waals surface area contributed by atoms with Crippen molar-refractivity contribution < 1.29 is 19.0 Å². The molecular weight excluding hydrogens is 261 g/mol. The van der Waals surface area contributed by atoms with Gasteiger partial charge in [-0.15, -0.1) is 0 Å². The third kappa shape index (κ3) is 2.98. The highest BCUT2D eigenvalue weighted by molar-refractivity contribution is 6.31. The topological polar surface area (TPSA) is 58.6 Å². The van der Waals surface area contributed by atoms with Crippen LogP contribution in [-0.4, -0.2) is 36.4 Å². The number of rotatable bonds is 3. The average molecular weight is 274 g/mol. The Hall–Kier alpha value is -1.17. The molecule has 0 bridgehead atoms. The van der Waals surface area contributed by atoms with E-state index in [0.717, 1.165) is 6.07 Å². The SMILES string of the molecule is O=C(NC[C@]1(O)CCOC1)c1ccc(F)c(Cl)c1. The molecule has 1 saturated heterocycles. The predicted octanol–water partition coefficient (Wildman–Crippen LogP) is 1.36. The molecule has 1 aliphatic heterocycles. The van der Waals surface area contributed by atoms with Crippen molar-refractivity contribution in [2.45, 2.75) is 12.0 Å². The molecule has 0 saturated carbocycles. The zero-order chi connectivity index (χ0) is 13.2.